The number of carbonyl (C=O) groups is 3. The highest BCUT2D eigenvalue weighted by molar-refractivity contribution is 7.89. The van der Waals surface area contributed by atoms with Crippen molar-refractivity contribution < 1.29 is 22.8 Å². The summed E-state index contributed by atoms with van der Waals surface area (Å²) in [5.74, 6) is -1.16. The highest BCUT2D eigenvalue weighted by Crippen LogP contribution is 2.35. The van der Waals surface area contributed by atoms with Crippen molar-refractivity contribution in [3.63, 3.8) is 0 Å². The maximum atomic E-state index is 12.8. The van der Waals surface area contributed by atoms with Crippen LogP contribution in [0.4, 0.5) is 0 Å². The van der Waals surface area contributed by atoms with Gasteiger partial charge in [-0.3, -0.25) is 19.3 Å². The van der Waals surface area contributed by atoms with Crippen LogP contribution in [0, 0.1) is 11.8 Å². The van der Waals surface area contributed by atoms with Crippen molar-refractivity contribution in [1.29, 1.82) is 0 Å². The lowest BCUT2D eigenvalue weighted by Crippen LogP contribution is -2.51. The highest BCUT2D eigenvalue weighted by atomic mass is 35.5. The zero-order valence-corrected chi connectivity index (χ0v) is 18.5. The summed E-state index contributed by atoms with van der Waals surface area (Å²) in [7, 11) is -3.68. The molecular formula is C21H24ClN3O5S. The van der Waals surface area contributed by atoms with Gasteiger partial charge in [0, 0.05) is 44.2 Å². The van der Waals surface area contributed by atoms with Crippen molar-refractivity contribution in [1.82, 2.24) is 14.1 Å². The monoisotopic (exact) mass is 465 g/mol. The number of hydrogen-bond acceptors (Lipinski definition) is 5. The summed E-state index contributed by atoms with van der Waals surface area (Å²) >= 11 is 5.91. The fourth-order valence-electron chi connectivity index (χ4n) is 4.41. The van der Waals surface area contributed by atoms with E-state index >= 15 is 0 Å². The Morgan fingerprint density at radius 1 is 1.00 bits per heavy atom. The number of halogens is 1. The number of hydrogen-bond donors (Lipinski definition) is 0. The zero-order valence-electron chi connectivity index (χ0n) is 16.9. The molecule has 3 aliphatic rings. The van der Waals surface area contributed by atoms with E-state index in [4.69, 9.17) is 11.6 Å². The Labute approximate surface area is 186 Å². The maximum Gasteiger partial charge on any atom is 0.243 e. The molecule has 10 heteroatoms. The summed E-state index contributed by atoms with van der Waals surface area (Å²) in [5.41, 5.74) is 0. The Morgan fingerprint density at radius 2 is 1.61 bits per heavy atom. The summed E-state index contributed by atoms with van der Waals surface area (Å²) in [6.45, 7) is 0.950. The highest BCUT2D eigenvalue weighted by Gasteiger charge is 2.47. The predicted molar refractivity (Wildman–Crippen MR) is 113 cm³/mol. The molecule has 0 saturated carbocycles. The van der Waals surface area contributed by atoms with Gasteiger partial charge < -0.3 is 4.90 Å². The van der Waals surface area contributed by atoms with Crippen LogP contribution in [-0.2, 0) is 24.4 Å². The third-order valence-corrected chi connectivity index (χ3v) is 8.30. The van der Waals surface area contributed by atoms with Crippen molar-refractivity contribution in [2.75, 3.05) is 32.7 Å². The number of carbonyl (C=O) groups excluding carboxylic acids is 3. The van der Waals surface area contributed by atoms with E-state index < -0.39 is 10.0 Å². The third kappa shape index (κ3) is 4.26. The van der Waals surface area contributed by atoms with Crippen LogP contribution in [0.2, 0.25) is 5.02 Å². The maximum absolute atomic E-state index is 12.8. The molecule has 0 radical (unpaired) electrons. The van der Waals surface area contributed by atoms with E-state index in [2.05, 4.69) is 0 Å². The van der Waals surface area contributed by atoms with E-state index in [1.165, 1.54) is 21.3 Å². The quantitative estimate of drug-likeness (QED) is 0.485. The summed E-state index contributed by atoms with van der Waals surface area (Å²) in [6, 6.07) is 6.10. The fraction of sp³-hybridized carbons (Fsp3) is 0.476. The van der Waals surface area contributed by atoms with Gasteiger partial charge in [-0.05, 0) is 31.0 Å². The van der Waals surface area contributed by atoms with Gasteiger partial charge >= 0.3 is 0 Å². The van der Waals surface area contributed by atoms with Crippen molar-refractivity contribution in [2.45, 2.75) is 24.2 Å². The first-order valence-electron chi connectivity index (χ1n) is 10.3. The van der Waals surface area contributed by atoms with E-state index in [-0.39, 0.29) is 73.6 Å². The summed E-state index contributed by atoms with van der Waals surface area (Å²) in [6.07, 6.45) is 5.05. The molecule has 31 heavy (non-hydrogen) atoms. The Morgan fingerprint density at radius 3 is 2.19 bits per heavy atom. The van der Waals surface area contributed by atoms with Crippen molar-refractivity contribution in [3.8, 4) is 0 Å². The summed E-state index contributed by atoms with van der Waals surface area (Å²) in [5, 5.41) is 0.344. The van der Waals surface area contributed by atoms with E-state index in [1.54, 1.807) is 17.0 Å². The van der Waals surface area contributed by atoms with Gasteiger partial charge in [0.15, 0.2) is 0 Å². The Hall–Kier alpha value is -2.23. The SMILES string of the molecule is O=C(CCN1C(=O)C2CC=CCC2C1=O)N1CCN(S(=O)(=O)c2cccc(Cl)c2)CC1. The van der Waals surface area contributed by atoms with Crippen LogP contribution in [0.25, 0.3) is 0 Å². The number of fused-ring (bicyclic) bond motifs is 1. The number of piperazine rings is 1. The van der Waals surface area contributed by atoms with Crippen LogP contribution in [0.3, 0.4) is 0 Å². The fourth-order valence-corrected chi connectivity index (χ4v) is 6.13. The molecule has 0 spiro atoms. The number of benzene rings is 1. The second kappa shape index (κ2) is 8.72. The molecule has 1 aromatic rings. The Bertz CT molecular complexity index is 1010. The Balaban J connectivity index is 1.31. The number of imide groups is 1. The van der Waals surface area contributed by atoms with Crippen LogP contribution in [0.1, 0.15) is 19.3 Å². The zero-order chi connectivity index (χ0) is 22.2. The molecule has 166 valence electrons. The van der Waals surface area contributed by atoms with Crippen molar-refractivity contribution in [2.24, 2.45) is 11.8 Å². The van der Waals surface area contributed by atoms with Gasteiger partial charge in [-0.25, -0.2) is 8.42 Å². The largest absolute Gasteiger partial charge is 0.340 e. The lowest BCUT2D eigenvalue weighted by Gasteiger charge is -2.34. The molecule has 2 atom stereocenters. The molecular weight excluding hydrogens is 442 g/mol. The molecule has 2 fully saturated rings. The second-order valence-corrected chi connectivity index (χ2v) is 10.4. The molecule has 2 aliphatic heterocycles. The minimum absolute atomic E-state index is 0.0470. The van der Waals surface area contributed by atoms with Gasteiger partial charge in [0.1, 0.15) is 0 Å². The first kappa shape index (κ1) is 22.0. The van der Waals surface area contributed by atoms with Crippen LogP contribution in [-0.4, -0.2) is 73.0 Å². The number of allylic oxidation sites excluding steroid dienone is 2. The molecule has 4 rings (SSSR count). The Kier molecular flexibility index (Phi) is 6.18. The molecule has 1 aromatic carbocycles. The van der Waals surface area contributed by atoms with Crippen molar-refractivity contribution in [3.05, 3.63) is 41.4 Å². The lowest BCUT2D eigenvalue weighted by atomic mass is 9.85. The molecule has 2 unspecified atom stereocenters. The average molecular weight is 466 g/mol. The third-order valence-electron chi connectivity index (χ3n) is 6.17. The lowest BCUT2D eigenvalue weighted by molar-refractivity contribution is -0.141. The van der Waals surface area contributed by atoms with Gasteiger partial charge in [0.2, 0.25) is 27.7 Å². The molecule has 3 amide bonds. The van der Waals surface area contributed by atoms with Gasteiger partial charge in [-0.15, -0.1) is 0 Å². The molecule has 8 nitrogen and oxygen atoms in total. The van der Waals surface area contributed by atoms with Crippen LogP contribution < -0.4 is 0 Å². The average Bonchev–Trinajstić information content (AvgIpc) is 3.02. The number of rotatable bonds is 5. The molecule has 1 aliphatic carbocycles. The minimum Gasteiger partial charge on any atom is -0.340 e. The number of likely N-dealkylation sites (tertiary alicyclic amines) is 1. The van der Waals surface area contributed by atoms with Crippen LogP contribution in [0.5, 0.6) is 0 Å². The van der Waals surface area contributed by atoms with Gasteiger partial charge in [-0.2, -0.15) is 4.31 Å². The summed E-state index contributed by atoms with van der Waals surface area (Å²) < 4.78 is 26.9. The van der Waals surface area contributed by atoms with E-state index in [0.29, 0.717) is 17.9 Å². The molecule has 0 N–H and O–H groups in total. The van der Waals surface area contributed by atoms with Gasteiger partial charge in [0.05, 0.1) is 16.7 Å². The molecule has 0 aromatic heterocycles. The predicted octanol–water partition coefficient (Wildman–Crippen LogP) is 1.51. The van der Waals surface area contributed by atoms with E-state index in [1.807, 2.05) is 12.2 Å². The molecule has 0 bridgehead atoms. The van der Waals surface area contributed by atoms with Gasteiger partial charge in [0.25, 0.3) is 0 Å². The van der Waals surface area contributed by atoms with Gasteiger partial charge in [-0.1, -0.05) is 29.8 Å². The summed E-state index contributed by atoms with van der Waals surface area (Å²) in [4.78, 5) is 40.6. The standard InChI is InChI=1S/C21H24ClN3O5S/c22-15-4-3-5-16(14-15)31(29,30)24-12-10-23(11-13-24)19(26)8-9-25-20(27)17-6-1-2-7-18(17)21(25)28/h1-5,14,17-18H,6-13H2. The smallest absolute Gasteiger partial charge is 0.243 e. The molecule has 2 heterocycles. The van der Waals surface area contributed by atoms with Crippen molar-refractivity contribution >= 4 is 39.3 Å². The number of nitrogens with zero attached hydrogens (tertiary/aromatic N) is 3. The molecule has 2 saturated heterocycles. The van der Waals surface area contributed by atoms with E-state index in [0.717, 1.165) is 0 Å². The number of sulfonamides is 1. The number of amides is 3. The van der Waals surface area contributed by atoms with E-state index in [9.17, 15) is 22.8 Å². The first-order valence-corrected chi connectivity index (χ1v) is 12.1. The first-order chi connectivity index (χ1) is 14.8. The van der Waals surface area contributed by atoms with Crippen LogP contribution in [0.15, 0.2) is 41.3 Å². The topological polar surface area (TPSA) is 95.1 Å². The second-order valence-electron chi connectivity index (χ2n) is 7.98. The minimum atomic E-state index is -3.68. The normalized spacial score (nSPS) is 24.5. The van der Waals surface area contributed by atoms with Crippen LogP contribution >= 0.6 is 11.6 Å².